The minimum Gasteiger partial charge on any atom is -0.497 e. The predicted octanol–water partition coefficient (Wildman–Crippen LogP) is 2.98. The van der Waals surface area contributed by atoms with Crippen molar-refractivity contribution in [2.45, 2.75) is 38.1 Å². The number of nitriles is 1. The maximum absolute atomic E-state index is 11.7. The number of benzene rings is 1. The first-order chi connectivity index (χ1) is 10.7. The molecule has 0 radical (unpaired) electrons. The summed E-state index contributed by atoms with van der Waals surface area (Å²) >= 11 is 0. The second-order valence-corrected chi connectivity index (χ2v) is 5.14. The molecule has 0 aliphatic heterocycles. The Morgan fingerprint density at radius 3 is 2.55 bits per heavy atom. The highest BCUT2D eigenvalue weighted by Crippen LogP contribution is 2.17. The Balaban J connectivity index is 1.93. The fourth-order valence-corrected chi connectivity index (χ4v) is 2.41. The summed E-state index contributed by atoms with van der Waals surface area (Å²) in [6, 6.07) is 8.85. The van der Waals surface area contributed by atoms with Crippen molar-refractivity contribution in [2.24, 2.45) is 5.16 Å². The van der Waals surface area contributed by atoms with Crippen LogP contribution in [0.3, 0.4) is 0 Å². The molecule has 1 fully saturated rings. The van der Waals surface area contributed by atoms with Crippen LogP contribution in [0.25, 0.3) is 0 Å². The van der Waals surface area contributed by atoms with E-state index in [4.69, 9.17) is 14.8 Å². The topological polar surface area (TPSA) is 83.7 Å². The van der Waals surface area contributed by atoms with E-state index >= 15 is 0 Å². The lowest BCUT2D eigenvalue weighted by atomic mass is 9.96. The van der Waals surface area contributed by atoms with E-state index in [1.165, 1.54) is 6.42 Å². The highest BCUT2D eigenvalue weighted by atomic mass is 16.7. The number of ether oxygens (including phenoxy) is 1. The number of hydrogen-bond donors (Lipinski definition) is 1. The Morgan fingerprint density at radius 2 is 1.95 bits per heavy atom. The molecule has 1 N–H and O–H groups in total. The van der Waals surface area contributed by atoms with Gasteiger partial charge in [0.25, 0.3) is 0 Å². The lowest BCUT2D eigenvalue weighted by molar-refractivity contribution is 0.144. The van der Waals surface area contributed by atoms with Crippen LogP contribution < -0.4 is 10.1 Å². The lowest BCUT2D eigenvalue weighted by Gasteiger charge is -2.21. The number of rotatable bonds is 4. The Hall–Kier alpha value is -2.55. The zero-order valence-corrected chi connectivity index (χ0v) is 12.5. The molecule has 2 rings (SSSR count). The summed E-state index contributed by atoms with van der Waals surface area (Å²) < 4.78 is 5.05. The zero-order valence-electron chi connectivity index (χ0n) is 12.5. The molecule has 1 aliphatic rings. The maximum atomic E-state index is 11.7. The summed E-state index contributed by atoms with van der Waals surface area (Å²) in [5.74, 6) is 0.678. The molecule has 1 aromatic rings. The Kier molecular flexibility index (Phi) is 5.78. The van der Waals surface area contributed by atoms with Crippen molar-refractivity contribution >= 4 is 11.8 Å². The van der Waals surface area contributed by atoms with Crippen molar-refractivity contribution in [3.63, 3.8) is 0 Å². The summed E-state index contributed by atoms with van der Waals surface area (Å²) in [7, 11) is 1.56. The normalized spacial score (nSPS) is 15.7. The van der Waals surface area contributed by atoms with Crippen molar-refractivity contribution in [3.8, 4) is 11.8 Å². The van der Waals surface area contributed by atoms with Gasteiger partial charge in [-0.15, -0.1) is 0 Å². The molecular weight excluding hydrogens is 282 g/mol. The van der Waals surface area contributed by atoms with Gasteiger partial charge in [-0.1, -0.05) is 24.4 Å². The number of nitrogens with zero attached hydrogens (tertiary/aromatic N) is 2. The van der Waals surface area contributed by atoms with E-state index in [0.29, 0.717) is 11.3 Å². The van der Waals surface area contributed by atoms with Gasteiger partial charge < -0.3 is 10.1 Å². The molecule has 1 aromatic carbocycles. The van der Waals surface area contributed by atoms with Crippen molar-refractivity contribution in [3.05, 3.63) is 29.8 Å². The van der Waals surface area contributed by atoms with Gasteiger partial charge in [0.2, 0.25) is 0 Å². The average Bonchev–Trinajstić information content (AvgIpc) is 2.57. The van der Waals surface area contributed by atoms with Crippen LogP contribution in [-0.4, -0.2) is 25.0 Å². The van der Waals surface area contributed by atoms with Crippen molar-refractivity contribution < 1.29 is 14.4 Å². The second kappa shape index (κ2) is 8.03. The van der Waals surface area contributed by atoms with Crippen LogP contribution in [-0.2, 0) is 4.84 Å². The molecule has 0 heterocycles. The van der Waals surface area contributed by atoms with Crippen LogP contribution in [0.2, 0.25) is 0 Å². The van der Waals surface area contributed by atoms with E-state index in [1.807, 2.05) is 6.07 Å². The van der Waals surface area contributed by atoms with Crippen LogP contribution in [0.15, 0.2) is 29.4 Å². The summed E-state index contributed by atoms with van der Waals surface area (Å²) in [6.45, 7) is 0. The van der Waals surface area contributed by atoms with E-state index in [2.05, 4.69) is 10.5 Å². The van der Waals surface area contributed by atoms with Gasteiger partial charge in [0, 0.05) is 11.6 Å². The molecule has 0 unspecified atom stereocenters. The summed E-state index contributed by atoms with van der Waals surface area (Å²) in [5, 5.41) is 15.5. The summed E-state index contributed by atoms with van der Waals surface area (Å²) in [4.78, 5) is 16.5. The summed E-state index contributed by atoms with van der Waals surface area (Å²) in [6.07, 6.45) is 4.74. The lowest BCUT2D eigenvalue weighted by Crippen LogP contribution is -2.35. The Morgan fingerprint density at radius 1 is 1.27 bits per heavy atom. The molecular formula is C16H19N3O3. The van der Waals surface area contributed by atoms with E-state index in [0.717, 1.165) is 25.7 Å². The highest BCUT2D eigenvalue weighted by Gasteiger charge is 2.16. The number of amides is 1. The van der Waals surface area contributed by atoms with Gasteiger partial charge in [0.05, 0.1) is 7.11 Å². The zero-order chi connectivity index (χ0) is 15.8. The third-order valence-corrected chi connectivity index (χ3v) is 3.62. The number of nitrogens with one attached hydrogen (secondary N) is 1. The first kappa shape index (κ1) is 15.8. The largest absolute Gasteiger partial charge is 0.497 e. The van der Waals surface area contributed by atoms with Gasteiger partial charge in [-0.3, -0.25) is 4.84 Å². The average molecular weight is 301 g/mol. The van der Waals surface area contributed by atoms with Crippen LogP contribution in [0.4, 0.5) is 4.79 Å². The van der Waals surface area contributed by atoms with Gasteiger partial charge >= 0.3 is 6.09 Å². The number of carbonyl (C=O) groups is 1. The van der Waals surface area contributed by atoms with E-state index < -0.39 is 6.09 Å². The quantitative estimate of drug-likeness (QED) is 0.526. The monoisotopic (exact) mass is 301 g/mol. The molecule has 0 saturated heterocycles. The van der Waals surface area contributed by atoms with Crippen molar-refractivity contribution in [2.75, 3.05) is 7.11 Å². The van der Waals surface area contributed by atoms with Crippen LogP contribution in [0.5, 0.6) is 5.75 Å². The van der Waals surface area contributed by atoms with E-state index in [9.17, 15) is 4.79 Å². The molecule has 0 aromatic heterocycles. The van der Waals surface area contributed by atoms with Crippen molar-refractivity contribution in [1.29, 1.82) is 5.26 Å². The van der Waals surface area contributed by atoms with Gasteiger partial charge in [-0.2, -0.15) is 5.26 Å². The van der Waals surface area contributed by atoms with Gasteiger partial charge in [0.15, 0.2) is 5.71 Å². The highest BCUT2D eigenvalue weighted by molar-refractivity contribution is 6.11. The number of methoxy groups -OCH3 is 1. The fraction of sp³-hybridized carbons (Fsp3) is 0.438. The minimum absolute atomic E-state index is 0.0430. The number of carbonyl (C=O) groups excluding carboxylic acids is 1. The number of hydrogen-bond acceptors (Lipinski definition) is 5. The number of oxime groups is 1. The molecule has 0 bridgehead atoms. The molecule has 22 heavy (non-hydrogen) atoms. The Bertz CT molecular complexity index is 569. The first-order valence-electron chi connectivity index (χ1n) is 7.33. The SMILES string of the molecule is COc1ccc(/C(C#N)=N/OC(=O)NC2CCCCC2)cc1. The maximum Gasteiger partial charge on any atom is 0.433 e. The molecule has 0 spiro atoms. The van der Waals surface area contributed by atoms with E-state index in [-0.39, 0.29) is 11.8 Å². The molecule has 6 heteroatoms. The molecule has 1 amide bonds. The van der Waals surface area contributed by atoms with E-state index in [1.54, 1.807) is 31.4 Å². The molecule has 1 aliphatic carbocycles. The van der Waals surface area contributed by atoms with Crippen LogP contribution >= 0.6 is 0 Å². The van der Waals surface area contributed by atoms with Crippen LogP contribution in [0.1, 0.15) is 37.7 Å². The minimum atomic E-state index is -0.617. The molecule has 0 atom stereocenters. The second-order valence-electron chi connectivity index (χ2n) is 5.14. The Labute approximate surface area is 129 Å². The summed E-state index contributed by atoms with van der Waals surface area (Å²) in [5.41, 5.74) is 0.607. The smallest absolute Gasteiger partial charge is 0.433 e. The molecule has 116 valence electrons. The van der Waals surface area contributed by atoms with Crippen LogP contribution in [0, 0.1) is 11.3 Å². The van der Waals surface area contributed by atoms with Gasteiger partial charge in [-0.25, -0.2) is 4.79 Å². The van der Waals surface area contributed by atoms with Gasteiger partial charge in [-0.05, 0) is 37.1 Å². The first-order valence-corrected chi connectivity index (χ1v) is 7.33. The molecule has 1 saturated carbocycles. The van der Waals surface area contributed by atoms with Crippen molar-refractivity contribution in [1.82, 2.24) is 5.32 Å². The molecule has 6 nitrogen and oxygen atoms in total. The standard InChI is InChI=1S/C16H19N3O3/c1-21-14-9-7-12(8-10-14)15(11-17)19-22-16(20)18-13-5-3-2-4-6-13/h7-10,13H,2-6H2,1H3,(H,18,20)/b19-15+. The third-order valence-electron chi connectivity index (χ3n) is 3.62. The third kappa shape index (κ3) is 4.48. The predicted molar refractivity (Wildman–Crippen MR) is 81.6 cm³/mol. The fourth-order valence-electron chi connectivity index (χ4n) is 2.41. The van der Waals surface area contributed by atoms with Gasteiger partial charge in [0.1, 0.15) is 11.8 Å².